The van der Waals surface area contributed by atoms with Gasteiger partial charge in [0, 0.05) is 46.4 Å². The zero-order valence-corrected chi connectivity index (χ0v) is 22.1. The van der Waals surface area contributed by atoms with E-state index in [4.69, 9.17) is 28.2 Å². The second kappa shape index (κ2) is 12.4. The Morgan fingerprint density at radius 1 is 0.743 bits per heavy atom. The lowest BCUT2D eigenvalue weighted by Crippen LogP contribution is -2.26. The van der Waals surface area contributed by atoms with Crippen molar-refractivity contribution >= 4 is 23.2 Å². The average Bonchev–Trinajstić information content (AvgIpc) is 3.23. The molecule has 0 aliphatic carbocycles. The summed E-state index contributed by atoms with van der Waals surface area (Å²) < 4.78 is 2.41. The third kappa shape index (κ3) is 6.16. The van der Waals surface area contributed by atoms with Crippen LogP contribution in [-0.2, 0) is 19.6 Å². The minimum absolute atomic E-state index is 0.699. The van der Waals surface area contributed by atoms with Gasteiger partial charge in [-0.15, -0.1) is 0 Å². The van der Waals surface area contributed by atoms with E-state index < -0.39 is 0 Å². The van der Waals surface area contributed by atoms with Crippen LogP contribution >= 0.6 is 23.2 Å². The molecule has 0 bridgehead atoms. The summed E-state index contributed by atoms with van der Waals surface area (Å²) in [6.07, 6.45) is 3.26. The van der Waals surface area contributed by atoms with Crippen molar-refractivity contribution in [3.8, 4) is 22.6 Å². The zero-order chi connectivity index (χ0) is 24.6. The molecule has 4 rings (SSSR count). The first-order valence-corrected chi connectivity index (χ1v) is 13.2. The van der Waals surface area contributed by atoms with E-state index in [-0.39, 0.29) is 0 Å². The van der Waals surface area contributed by atoms with Gasteiger partial charge in [0.1, 0.15) is 5.82 Å². The van der Waals surface area contributed by atoms with Gasteiger partial charge in [-0.3, -0.25) is 4.90 Å². The summed E-state index contributed by atoms with van der Waals surface area (Å²) in [4.78, 5) is 7.69. The van der Waals surface area contributed by atoms with E-state index in [0.717, 1.165) is 67.1 Å². The zero-order valence-electron chi connectivity index (χ0n) is 20.6. The molecule has 0 saturated heterocycles. The maximum Gasteiger partial charge on any atom is 0.140 e. The SMILES string of the molecule is CCCCN(Cc1c(Cl)cccc1Cl)Cc1c(-c2ccccc2)nc(-c2ccccc2)n1CCC. The van der Waals surface area contributed by atoms with Gasteiger partial charge in [-0.05, 0) is 31.5 Å². The summed E-state index contributed by atoms with van der Waals surface area (Å²) in [5.41, 5.74) is 5.54. The lowest BCUT2D eigenvalue weighted by molar-refractivity contribution is 0.246. The van der Waals surface area contributed by atoms with Crippen LogP contribution in [0.4, 0.5) is 0 Å². The van der Waals surface area contributed by atoms with Gasteiger partial charge in [-0.2, -0.15) is 0 Å². The highest BCUT2D eigenvalue weighted by Crippen LogP contribution is 2.32. The molecule has 0 fully saturated rings. The molecule has 0 radical (unpaired) electrons. The van der Waals surface area contributed by atoms with E-state index in [1.807, 2.05) is 18.2 Å². The second-order valence-corrected chi connectivity index (χ2v) is 9.69. The number of hydrogen-bond acceptors (Lipinski definition) is 2. The highest BCUT2D eigenvalue weighted by atomic mass is 35.5. The van der Waals surface area contributed by atoms with Crippen molar-refractivity contribution in [1.29, 1.82) is 0 Å². The Bertz CT molecular complexity index is 1200. The molecule has 0 atom stereocenters. The molecule has 0 saturated carbocycles. The standard InChI is InChI=1S/C30H33Cl2N3/c1-3-5-20-34(21-25-26(31)17-12-18-27(25)32)22-28-29(23-13-8-6-9-14-23)33-30(35(28)19-4-2)24-15-10-7-11-16-24/h6-18H,3-5,19-22H2,1-2H3. The van der Waals surface area contributed by atoms with Crippen LogP contribution in [0.2, 0.25) is 10.0 Å². The minimum atomic E-state index is 0.699. The summed E-state index contributed by atoms with van der Waals surface area (Å²) in [7, 11) is 0. The number of unbranched alkanes of at least 4 members (excludes halogenated alkanes) is 1. The number of hydrogen-bond donors (Lipinski definition) is 0. The second-order valence-electron chi connectivity index (χ2n) is 8.88. The monoisotopic (exact) mass is 505 g/mol. The van der Waals surface area contributed by atoms with E-state index in [0.29, 0.717) is 16.6 Å². The molecule has 0 aliphatic rings. The van der Waals surface area contributed by atoms with Crippen molar-refractivity contribution in [2.45, 2.75) is 52.7 Å². The Morgan fingerprint density at radius 2 is 1.37 bits per heavy atom. The lowest BCUT2D eigenvalue weighted by atomic mass is 10.1. The summed E-state index contributed by atoms with van der Waals surface area (Å²) in [6, 6.07) is 26.8. The van der Waals surface area contributed by atoms with Gasteiger partial charge in [-0.1, -0.05) is 110 Å². The number of rotatable bonds is 11. The molecule has 1 heterocycles. The van der Waals surface area contributed by atoms with Crippen LogP contribution in [0.5, 0.6) is 0 Å². The van der Waals surface area contributed by atoms with Crippen molar-refractivity contribution in [1.82, 2.24) is 14.5 Å². The molecular weight excluding hydrogens is 473 g/mol. The molecule has 0 N–H and O–H groups in total. The van der Waals surface area contributed by atoms with E-state index in [2.05, 4.69) is 84.0 Å². The number of aromatic nitrogens is 2. The van der Waals surface area contributed by atoms with Crippen LogP contribution in [0.25, 0.3) is 22.6 Å². The predicted molar refractivity (Wildman–Crippen MR) is 149 cm³/mol. The quantitative estimate of drug-likeness (QED) is 0.203. The average molecular weight is 507 g/mol. The molecule has 5 heteroatoms. The highest BCUT2D eigenvalue weighted by molar-refractivity contribution is 6.35. The molecule has 35 heavy (non-hydrogen) atoms. The van der Waals surface area contributed by atoms with Crippen LogP contribution < -0.4 is 0 Å². The lowest BCUT2D eigenvalue weighted by Gasteiger charge is -2.25. The Hall–Kier alpha value is -2.59. The number of nitrogens with zero attached hydrogens (tertiary/aromatic N) is 3. The van der Waals surface area contributed by atoms with E-state index in [1.165, 1.54) is 5.69 Å². The molecule has 3 aromatic carbocycles. The van der Waals surface area contributed by atoms with Gasteiger partial charge < -0.3 is 4.57 Å². The predicted octanol–water partition coefficient (Wildman–Crippen LogP) is 8.74. The Morgan fingerprint density at radius 3 is 1.97 bits per heavy atom. The number of benzene rings is 3. The van der Waals surface area contributed by atoms with Gasteiger partial charge in [0.15, 0.2) is 0 Å². The third-order valence-electron chi connectivity index (χ3n) is 6.24. The minimum Gasteiger partial charge on any atom is -0.326 e. The van der Waals surface area contributed by atoms with E-state index in [9.17, 15) is 0 Å². The number of imidazole rings is 1. The molecule has 1 aromatic heterocycles. The van der Waals surface area contributed by atoms with Crippen LogP contribution in [0, 0.1) is 0 Å². The first-order valence-electron chi connectivity index (χ1n) is 12.5. The first-order chi connectivity index (χ1) is 17.1. The Kier molecular flexibility index (Phi) is 9.03. The first kappa shape index (κ1) is 25.5. The molecular formula is C30H33Cl2N3. The van der Waals surface area contributed by atoms with Crippen molar-refractivity contribution < 1.29 is 0 Å². The van der Waals surface area contributed by atoms with Gasteiger partial charge in [0.05, 0.1) is 11.4 Å². The fourth-order valence-corrected chi connectivity index (χ4v) is 4.98. The normalized spacial score (nSPS) is 11.3. The van der Waals surface area contributed by atoms with Gasteiger partial charge in [-0.25, -0.2) is 4.98 Å². The molecule has 0 aliphatic heterocycles. The topological polar surface area (TPSA) is 21.1 Å². The molecule has 0 unspecified atom stereocenters. The molecule has 4 aromatic rings. The fraction of sp³-hybridized carbons (Fsp3) is 0.300. The largest absolute Gasteiger partial charge is 0.326 e. The van der Waals surface area contributed by atoms with Crippen LogP contribution in [0.3, 0.4) is 0 Å². The van der Waals surface area contributed by atoms with Crippen molar-refractivity contribution in [2.75, 3.05) is 6.54 Å². The summed E-state index contributed by atoms with van der Waals surface area (Å²) in [5.74, 6) is 1.02. The summed E-state index contributed by atoms with van der Waals surface area (Å²) >= 11 is 13.1. The third-order valence-corrected chi connectivity index (χ3v) is 6.95. The van der Waals surface area contributed by atoms with Crippen LogP contribution in [-0.4, -0.2) is 21.0 Å². The fourth-order valence-electron chi connectivity index (χ4n) is 4.46. The summed E-state index contributed by atoms with van der Waals surface area (Å²) in [5, 5.41) is 1.43. The molecule has 182 valence electrons. The van der Waals surface area contributed by atoms with E-state index >= 15 is 0 Å². The van der Waals surface area contributed by atoms with Crippen molar-refractivity contribution in [2.24, 2.45) is 0 Å². The maximum atomic E-state index is 6.57. The maximum absolute atomic E-state index is 6.57. The molecule has 0 amide bonds. The highest BCUT2D eigenvalue weighted by Gasteiger charge is 2.22. The molecule has 3 nitrogen and oxygen atoms in total. The van der Waals surface area contributed by atoms with Crippen molar-refractivity contribution in [3.05, 3.63) is 100 Å². The van der Waals surface area contributed by atoms with Gasteiger partial charge in [0.2, 0.25) is 0 Å². The Labute approximate surface area is 219 Å². The Balaban J connectivity index is 1.81. The van der Waals surface area contributed by atoms with E-state index in [1.54, 1.807) is 0 Å². The number of halogens is 2. The van der Waals surface area contributed by atoms with Crippen molar-refractivity contribution in [3.63, 3.8) is 0 Å². The van der Waals surface area contributed by atoms with Crippen LogP contribution in [0.15, 0.2) is 78.9 Å². The van der Waals surface area contributed by atoms with Gasteiger partial charge >= 0.3 is 0 Å². The van der Waals surface area contributed by atoms with Crippen LogP contribution in [0.1, 0.15) is 44.4 Å². The molecule has 0 spiro atoms. The van der Waals surface area contributed by atoms with Gasteiger partial charge in [0.25, 0.3) is 0 Å². The summed E-state index contributed by atoms with van der Waals surface area (Å²) in [6.45, 7) is 7.79. The smallest absolute Gasteiger partial charge is 0.140 e.